The maximum Gasteiger partial charge on any atom is 0.258 e. The van der Waals surface area contributed by atoms with Gasteiger partial charge in [0, 0.05) is 22.7 Å². The smallest absolute Gasteiger partial charge is 0.258 e. The van der Waals surface area contributed by atoms with Crippen molar-refractivity contribution in [3.8, 4) is 0 Å². The summed E-state index contributed by atoms with van der Waals surface area (Å²) in [4.78, 5) is 14.6. The second kappa shape index (κ2) is 5.08. The van der Waals surface area contributed by atoms with Crippen LogP contribution >= 0.6 is 11.6 Å². The predicted octanol–water partition coefficient (Wildman–Crippen LogP) is 4.19. The number of benzene rings is 2. The van der Waals surface area contributed by atoms with Crippen molar-refractivity contribution in [1.82, 2.24) is 0 Å². The summed E-state index contributed by atoms with van der Waals surface area (Å²) in [7, 11) is 0. The van der Waals surface area contributed by atoms with E-state index in [1.54, 1.807) is 24.3 Å². The molecule has 0 saturated carbocycles. The minimum absolute atomic E-state index is 0.00584. The summed E-state index contributed by atoms with van der Waals surface area (Å²) < 4.78 is 0. The van der Waals surface area contributed by atoms with Crippen LogP contribution in [0.2, 0.25) is 5.02 Å². The highest BCUT2D eigenvalue weighted by atomic mass is 35.5. The second-order valence-corrected chi connectivity index (χ2v) is 6.36. The van der Waals surface area contributed by atoms with E-state index in [2.05, 4.69) is 19.2 Å². The Kier molecular flexibility index (Phi) is 3.38. The molecule has 108 valence electrons. The number of nitrogens with zero attached hydrogens (tertiary/aromatic N) is 1. The highest BCUT2D eigenvalue weighted by Gasteiger charge is 2.32. The highest BCUT2D eigenvalue weighted by molar-refractivity contribution is 6.30. The number of para-hydroxylation sites is 2. The Hall–Kier alpha value is -2.00. The zero-order valence-corrected chi connectivity index (χ0v) is 12.8. The van der Waals surface area contributed by atoms with Crippen LogP contribution in [0.3, 0.4) is 0 Å². The molecule has 0 bridgehead atoms. The van der Waals surface area contributed by atoms with E-state index in [1.807, 2.05) is 29.2 Å². The van der Waals surface area contributed by atoms with E-state index in [-0.39, 0.29) is 11.4 Å². The third-order valence-electron chi connectivity index (χ3n) is 3.56. The number of hydrogen-bond donors (Lipinski definition) is 1. The number of anilines is 2. The first-order valence-electron chi connectivity index (χ1n) is 6.91. The first kappa shape index (κ1) is 14.0. The Balaban J connectivity index is 2.01. The van der Waals surface area contributed by atoms with E-state index >= 15 is 0 Å². The van der Waals surface area contributed by atoms with Gasteiger partial charge in [0.15, 0.2) is 0 Å². The van der Waals surface area contributed by atoms with E-state index in [0.717, 1.165) is 11.4 Å². The summed E-state index contributed by atoms with van der Waals surface area (Å²) in [5.74, 6) is -0.00584. The number of nitrogens with one attached hydrogen (secondary N) is 1. The van der Waals surface area contributed by atoms with Crippen molar-refractivity contribution >= 4 is 28.9 Å². The second-order valence-electron chi connectivity index (χ2n) is 5.92. The molecule has 1 aliphatic rings. The van der Waals surface area contributed by atoms with E-state index in [0.29, 0.717) is 17.1 Å². The normalized spacial score (nSPS) is 16.0. The molecule has 0 saturated heterocycles. The topological polar surface area (TPSA) is 32.3 Å². The Morgan fingerprint density at radius 2 is 1.81 bits per heavy atom. The Bertz CT molecular complexity index is 679. The zero-order valence-electron chi connectivity index (χ0n) is 12.1. The molecule has 0 aliphatic carbocycles. The Morgan fingerprint density at radius 3 is 2.52 bits per heavy atom. The molecule has 4 heteroatoms. The number of carbonyl (C=O) groups excluding carboxylic acids is 1. The molecule has 0 radical (unpaired) electrons. The molecule has 21 heavy (non-hydrogen) atoms. The summed E-state index contributed by atoms with van der Waals surface area (Å²) in [6, 6.07) is 14.9. The van der Waals surface area contributed by atoms with Crippen molar-refractivity contribution in [3.63, 3.8) is 0 Å². The van der Waals surface area contributed by atoms with Crippen molar-refractivity contribution < 1.29 is 4.79 Å². The van der Waals surface area contributed by atoms with Gasteiger partial charge in [-0.1, -0.05) is 23.7 Å². The maximum atomic E-state index is 12.8. The number of amides is 1. The van der Waals surface area contributed by atoms with Crippen LogP contribution in [0.15, 0.2) is 48.5 Å². The van der Waals surface area contributed by atoms with E-state index < -0.39 is 0 Å². The monoisotopic (exact) mass is 300 g/mol. The molecule has 0 spiro atoms. The average molecular weight is 301 g/mol. The predicted molar refractivity (Wildman–Crippen MR) is 87.3 cm³/mol. The molecule has 1 amide bonds. The maximum absolute atomic E-state index is 12.8. The van der Waals surface area contributed by atoms with Gasteiger partial charge in [0.25, 0.3) is 5.91 Å². The molecule has 1 aliphatic heterocycles. The number of rotatable bonds is 1. The largest absolute Gasteiger partial charge is 0.377 e. The summed E-state index contributed by atoms with van der Waals surface area (Å²) >= 11 is 5.89. The van der Waals surface area contributed by atoms with Gasteiger partial charge >= 0.3 is 0 Å². The van der Waals surface area contributed by atoms with Crippen molar-refractivity contribution in [2.45, 2.75) is 19.4 Å². The van der Waals surface area contributed by atoms with Gasteiger partial charge in [0.05, 0.1) is 11.4 Å². The molecule has 0 fully saturated rings. The molecule has 1 N–H and O–H groups in total. The van der Waals surface area contributed by atoms with Gasteiger partial charge in [-0.25, -0.2) is 0 Å². The molecule has 0 aromatic heterocycles. The van der Waals surface area contributed by atoms with Crippen molar-refractivity contribution in [2.75, 3.05) is 16.8 Å². The van der Waals surface area contributed by atoms with E-state index in [1.165, 1.54) is 0 Å². The molecule has 1 heterocycles. The first-order valence-corrected chi connectivity index (χ1v) is 7.29. The average Bonchev–Trinajstić information content (AvgIpc) is 2.45. The SMILES string of the molecule is CC1(C)CN(C(=O)c2ccc(Cl)cc2)c2ccccc2N1. The first-order chi connectivity index (χ1) is 9.96. The lowest BCUT2D eigenvalue weighted by Gasteiger charge is -2.40. The number of hydrogen-bond acceptors (Lipinski definition) is 2. The fourth-order valence-electron chi connectivity index (χ4n) is 2.63. The summed E-state index contributed by atoms with van der Waals surface area (Å²) in [6.07, 6.45) is 0. The zero-order chi connectivity index (χ0) is 15.0. The Labute approximate surface area is 129 Å². The van der Waals surface area contributed by atoms with Crippen LogP contribution in [-0.2, 0) is 0 Å². The summed E-state index contributed by atoms with van der Waals surface area (Å²) in [5.41, 5.74) is 2.37. The van der Waals surface area contributed by atoms with Gasteiger partial charge < -0.3 is 10.2 Å². The van der Waals surface area contributed by atoms with Gasteiger partial charge in [-0.2, -0.15) is 0 Å². The van der Waals surface area contributed by atoms with Gasteiger partial charge in [0.2, 0.25) is 0 Å². The van der Waals surface area contributed by atoms with Gasteiger partial charge in [-0.05, 0) is 50.2 Å². The van der Waals surface area contributed by atoms with E-state index in [9.17, 15) is 4.79 Å². The van der Waals surface area contributed by atoms with Crippen molar-refractivity contribution in [2.24, 2.45) is 0 Å². The van der Waals surface area contributed by atoms with Gasteiger partial charge in [-0.3, -0.25) is 4.79 Å². The van der Waals surface area contributed by atoms with Crippen LogP contribution in [0.1, 0.15) is 24.2 Å². The van der Waals surface area contributed by atoms with Crippen LogP contribution in [0.25, 0.3) is 0 Å². The van der Waals surface area contributed by atoms with Crippen LogP contribution < -0.4 is 10.2 Å². The van der Waals surface area contributed by atoms with Gasteiger partial charge in [-0.15, -0.1) is 0 Å². The molecule has 0 unspecified atom stereocenters. The molecule has 0 atom stereocenters. The van der Waals surface area contributed by atoms with Crippen molar-refractivity contribution in [1.29, 1.82) is 0 Å². The molecule has 2 aromatic carbocycles. The Morgan fingerprint density at radius 1 is 1.14 bits per heavy atom. The highest BCUT2D eigenvalue weighted by Crippen LogP contribution is 2.35. The molecule has 2 aromatic rings. The number of carbonyl (C=O) groups is 1. The lowest BCUT2D eigenvalue weighted by molar-refractivity contribution is 0.0981. The molecule has 3 rings (SSSR count). The lowest BCUT2D eigenvalue weighted by Crippen LogP contribution is -2.50. The summed E-state index contributed by atoms with van der Waals surface area (Å²) in [6.45, 7) is 4.79. The minimum atomic E-state index is -0.170. The third kappa shape index (κ3) is 2.74. The lowest BCUT2D eigenvalue weighted by atomic mass is 9.98. The molecule has 3 nitrogen and oxygen atoms in total. The van der Waals surface area contributed by atoms with Crippen LogP contribution in [0.5, 0.6) is 0 Å². The van der Waals surface area contributed by atoms with Crippen LogP contribution in [0.4, 0.5) is 11.4 Å². The van der Waals surface area contributed by atoms with E-state index in [4.69, 9.17) is 11.6 Å². The van der Waals surface area contributed by atoms with Gasteiger partial charge in [0.1, 0.15) is 0 Å². The standard InChI is InChI=1S/C17H17ClN2O/c1-17(2)11-20(15-6-4-3-5-14(15)19-17)16(21)12-7-9-13(18)10-8-12/h3-10,19H,11H2,1-2H3. The summed E-state index contributed by atoms with van der Waals surface area (Å²) in [5, 5.41) is 4.10. The fraction of sp³-hybridized carbons (Fsp3) is 0.235. The number of fused-ring (bicyclic) bond motifs is 1. The third-order valence-corrected chi connectivity index (χ3v) is 3.81. The van der Waals surface area contributed by atoms with Crippen LogP contribution in [0, 0.1) is 0 Å². The minimum Gasteiger partial charge on any atom is -0.377 e. The molecular formula is C17H17ClN2O. The van der Waals surface area contributed by atoms with Crippen molar-refractivity contribution in [3.05, 3.63) is 59.1 Å². The number of halogens is 1. The van der Waals surface area contributed by atoms with Crippen LogP contribution in [-0.4, -0.2) is 18.0 Å². The molecular weight excluding hydrogens is 284 g/mol. The fourth-order valence-corrected chi connectivity index (χ4v) is 2.75. The quantitative estimate of drug-likeness (QED) is 0.856.